The third-order valence-electron chi connectivity index (χ3n) is 4.51. The van der Waals surface area contributed by atoms with Gasteiger partial charge >= 0.3 is 0 Å². The largest absolute Gasteiger partial charge is 0.327 e. The molecule has 3 atom stereocenters. The molecule has 0 amide bonds. The molecule has 2 fully saturated rings. The van der Waals surface area contributed by atoms with E-state index in [1.54, 1.807) is 0 Å². The van der Waals surface area contributed by atoms with Crippen LogP contribution in [0.15, 0.2) is 0 Å². The van der Waals surface area contributed by atoms with Crippen LogP contribution in [-0.4, -0.2) is 6.04 Å². The van der Waals surface area contributed by atoms with Crippen LogP contribution >= 0.6 is 0 Å². The lowest BCUT2D eigenvalue weighted by atomic mass is 9.88. The average molecular weight is 181 g/mol. The summed E-state index contributed by atoms with van der Waals surface area (Å²) in [6.07, 6.45) is 4.21. The molecule has 0 aliphatic heterocycles. The van der Waals surface area contributed by atoms with Crippen LogP contribution in [0.3, 0.4) is 0 Å². The van der Waals surface area contributed by atoms with E-state index in [0.29, 0.717) is 16.9 Å². The fraction of sp³-hybridized carbons (Fsp3) is 1.00. The lowest BCUT2D eigenvalue weighted by molar-refractivity contribution is 0.329. The molecule has 1 nitrogen and oxygen atoms in total. The minimum absolute atomic E-state index is 0.436. The average Bonchev–Trinajstić information content (AvgIpc) is 2.37. The quantitative estimate of drug-likeness (QED) is 0.661. The van der Waals surface area contributed by atoms with E-state index in [2.05, 4.69) is 27.7 Å². The van der Waals surface area contributed by atoms with Crippen LogP contribution in [0.5, 0.6) is 0 Å². The molecule has 76 valence electrons. The predicted octanol–water partition coefficient (Wildman–Crippen LogP) is 2.80. The Morgan fingerprint density at radius 1 is 1.15 bits per heavy atom. The lowest BCUT2D eigenvalue weighted by Crippen LogP contribution is -2.10. The predicted molar refractivity (Wildman–Crippen MR) is 56.4 cm³/mol. The van der Waals surface area contributed by atoms with Crippen molar-refractivity contribution >= 4 is 0 Å². The van der Waals surface area contributed by atoms with Crippen LogP contribution in [0.2, 0.25) is 0 Å². The summed E-state index contributed by atoms with van der Waals surface area (Å²) in [5, 5.41) is 0. The van der Waals surface area contributed by atoms with Gasteiger partial charge in [0.15, 0.2) is 0 Å². The molecule has 0 aromatic rings. The second kappa shape index (κ2) is 2.50. The van der Waals surface area contributed by atoms with Crippen molar-refractivity contribution in [3.05, 3.63) is 0 Å². The summed E-state index contributed by atoms with van der Waals surface area (Å²) < 4.78 is 0. The molecule has 2 saturated carbocycles. The standard InChI is InChI=1S/C12H23N/c1-11(2)6-5-8(7-11)9-10(13)12(9,3)4/h8-10H,5-7,13H2,1-4H3/t8?,9-,10-/m1/s1. The highest BCUT2D eigenvalue weighted by Gasteiger charge is 2.59. The third-order valence-corrected chi connectivity index (χ3v) is 4.51. The van der Waals surface area contributed by atoms with Crippen molar-refractivity contribution in [2.75, 3.05) is 0 Å². The molecular formula is C12H23N. The summed E-state index contributed by atoms with van der Waals surface area (Å²) in [5.41, 5.74) is 7.13. The molecule has 0 heterocycles. The van der Waals surface area contributed by atoms with Crippen molar-refractivity contribution in [1.82, 2.24) is 0 Å². The number of nitrogens with two attached hydrogens (primary N) is 1. The van der Waals surface area contributed by atoms with Gasteiger partial charge in [-0.1, -0.05) is 27.7 Å². The Kier molecular flexibility index (Phi) is 1.83. The van der Waals surface area contributed by atoms with Gasteiger partial charge in [0.1, 0.15) is 0 Å². The van der Waals surface area contributed by atoms with Gasteiger partial charge in [0, 0.05) is 6.04 Å². The fourth-order valence-electron chi connectivity index (χ4n) is 3.42. The van der Waals surface area contributed by atoms with Crippen molar-refractivity contribution in [3.63, 3.8) is 0 Å². The van der Waals surface area contributed by atoms with Crippen molar-refractivity contribution in [2.24, 2.45) is 28.4 Å². The highest BCUT2D eigenvalue weighted by Crippen LogP contribution is 2.60. The van der Waals surface area contributed by atoms with Gasteiger partial charge in [-0.2, -0.15) is 0 Å². The first-order valence-electron chi connectivity index (χ1n) is 5.60. The van der Waals surface area contributed by atoms with Crippen LogP contribution < -0.4 is 5.73 Å². The van der Waals surface area contributed by atoms with Gasteiger partial charge in [-0.05, 0) is 41.9 Å². The summed E-state index contributed by atoms with van der Waals surface area (Å²) in [6.45, 7) is 9.45. The maximum absolute atomic E-state index is 6.11. The Balaban J connectivity index is 1.99. The van der Waals surface area contributed by atoms with Gasteiger partial charge in [0.05, 0.1) is 0 Å². The molecule has 0 radical (unpaired) electrons. The molecule has 0 aromatic carbocycles. The van der Waals surface area contributed by atoms with Crippen LogP contribution in [0.1, 0.15) is 47.0 Å². The van der Waals surface area contributed by atoms with Gasteiger partial charge in [0.25, 0.3) is 0 Å². The molecule has 2 rings (SSSR count). The lowest BCUT2D eigenvalue weighted by Gasteiger charge is -2.17. The molecule has 0 bridgehead atoms. The first kappa shape index (κ1) is 9.51. The highest BCUT2D eigenvalue weighted by molar-refractivity contribution is 5.12. The van der Waals surface area contributed by atoms with Crippen LogP contribution in [-0.2, 0) is 0 Å². The summed E-state index contributed by atoms with van der Waals surface area (Å²) >= 11 is 0. The van der Waals surface area contributed by atoms with Crippen molar-refractivity contribution < 1.29 is 0 Å². The maximum Gasteiger partial charge on any atom is 0.0130 e. The normalized spacial score (nSPS) is 46.4. The Hall–Kier alpha value is -0.0400. The number of rotatable bonds is 1. The maximum atomic E-state index is 6.11. The highest BCUT2D eigenvalue weighted by atomic mass is 14.9. The SMILES string of the molecule is CC1(C)CCC([C@@H]2[C@@H](N)C2(C)C)C1. The van der Waals surface area contributed by atoms with Crippen molar-refractivity contribution in [1.29, 1.82) is 0 Å². The van der Waals surface area contributed by atoms with Crippen LogP contribution in [0.4, 0.5) is 0 Å². The second-order valence-corrected chi connectivity index (χ2v) is 6.54. The Bertz CT molecular complexity index is 217. The van der Waals surface area contributed by atoms with Gasteiger partial charge in [-0.3, -0.25) is 0 Å². The van der Waals surface area contributed by atoms with E-state index in [9.17, 15) is 0 Å². The van der Waals surface area contributed by atoms with Crippen molar-refractivity contribution in [2.45, 2.75) is 53.0 Å². The summed E-state index contributed by atoms with van der Waals surface area (Å²) in [5.74, 6) is 1.73. The van der Waals surface area contributed by atoms with E-state index < -0.39 is 0 Å². The molecule has 2 N–H and O–H groups in total. The summed E-state index contributed by atoms with van der Waals surface area (Å²) in [4.78, 5) is 0. The molecule has 1 unspecified atom stereocenters. The van der Waals surface area contributed by atoms with Crippen LogP contribution in [0.25, 0.3) is 0 Å². The smallest absolute Gasteiger partial charge is 0.0130 e. The Labute approximate surface area is 82.1 Å². The van der Waals surface area contributed by atoms with Gasteiger partial charge in [-0.15, -0.1) is 0 Å². The van der Waals surface area contributed by atoms with E-state index in [4.69, 9.17) is 5.73 Å². The zero-order valence-electron chi connectivity index (χ0n) is 9.43. The molecule has 0 spiro atoms. The molecule has 0 saturated heterocycles. The Morgan fingerprint density at radius 2 is 1.69 bits per heavy atom. The first-order valence-corrected chi connectivity index (χ1v) is 5.60. The number of hydrogen-bond donors (Lipinski definition) is 1. The monoisotopic (exact) mass is 181 g/mol. The minimum Gasteiger partial charge on any atom is -0.327 e. The van der Waals surface area contributed by atoms with Gasteiger partial charge in [-0.25, -0.2) is 0 Å². The first-order chi connectivity index (χ1) is 5.84. The molecule has 2 aliphatic carbocycles. The molecule has 2 aliphatic rings. The van der Waals surface area contributed by atoms with Crippen LogP contribution in [0, 0.1) is 22.7 Å². The van der Waals surface area contributed by atoms with E-state index in [1.807, 2.05) is 0 Å². The minimum atomic E-state index is 0.436. The van der Waals surface area contributed by atoms with Gasteiger partial charge in [0.2, 0.25) is 0 Å². The zero-order chi connectivity index (χ0) is 9.85. The summed E-state index contributed by atoms with van der Waals surface area (Å²) in [7, 11) is 0. The third kappa shape index (κ3) is 1.41. The molecular weight excluding hydrogens is 158 g/mol. The molecule has 1 heteroatoms. The van der Waals surface area contributed by atoms with Crippen molar-refractivity contribution in [3.8, 4) is 0 Å². The van der Waals surface area contributed by atoms with E-state index >= 15 is 0 Å². The zero-order valence-corrected chi connectivity index (χ0v) is 9.43. The summed E-state index contributed by atoms with van der Waals surface area (Å²) in [6, 6.07) is 0.478. The fourth-order valence-corrected chi connectivity index (χ4v) is 3.42. The van der Waals surface area contributed by atoms with E-state index in [-0.39, 0.29) is 0 Å². The van der Waals surface area contributed by atoms with E-state index in [1.165, 1.54) is 19.3 Å². The van der Waals surface area contributed by atoms with Gasteiger partial charge < -0.3 is 5.73 Å². The second-order valence-electron chi connectivity index (χ2n) is 6.54. The Morgan fingerprint density at radius 3 is 2.00 bits per heavy atom. The molecule has 0 aromatic heterocycles. The topological polar surface area (TPSA) is 26.0 Å². The number of hydrogen-bond acceptors (Lipinski definition) is 1. The molecule has 13 heavy (non-hydrogen) atoms. The van der Waals surface area contributed by atoms with E-state index in [0.717, 1.165) is 11.8 Å².